The zero-order valence-corrected chi connectivity index (χ0v) is 20.7. The minimum Gasteiger partial charge on any atom is -0.508 e. The van der Waals surface area contributed by atoms with E-state index in [0.717, 1.165) is 62.2 Å². The maximum Gasteiger partial charge on any atom is 0.319 e. The lowest BCUT2D eigenvalue weighted by atomic mass is 9.96. The number of likely N-dealkylation sites (tertiary alicyclic amines) is 1. The molecule has 3 aromatic carbocycles. The third-order valence-electron chi connectivity index (χ3n) is 8.01. The zero-order chi connectivity index (χ0) is 24.9. The second kappa shape index (κ2) is 9.11. The monoisotopic (exact) mass is 499 g/mol. The average molecular weight is 500 g/mol. The lowest BCUT2D eigenvalue weighted by Gasteiger charge is -2.34. The molecule has 2 atom stereocenters. The molecule has 4 aromatic rings. The van der Waals surface area contributed by atoms with Gasteiger partial charge < -0.3 is 20.1 Å². The summed E-state index contributed by atoms with van der Waals surface area (Å²) in [6.45, 7) is 5.12. The van der Waals surface area contributed by atoms with Gasteiger partial charge in [-0.1, -0.05) is 30.3 Å². The van der Waals surface area contributed by atoms with E-state index in [2.05, 4.69) is 20.1 Å². The molecule has 3 aliphatic rings. The van der Waals surface area contributed by atoms with Crippen LogP contribution in [0.2, 0.25) is 0 Å². The van der Waals surface area contributed by atoms with Gasteiger partial charge in [-0.2, -0.15) is 9.97 Å². The van der Waals surface area contributed by atoms with E-state index in [1.807, 2.05) is 30.3 Å². The van der Waals surface area contributed by atoms with E-state index < -0.39 is 5.82 Å². The van der Waals surface area contributed by atoms with Crippen LogP contribution in [0.15, 0.2) is 48.5 Å². The first-order valence-corrected chi connectivity index (χ1v) is 13.2. The van der Waals surface area contributed by atoms with Crippen molar-refractivity contribution in [3.05, 3.63) is 54.3 Å². The Kier molecular flexibility index (Phi) is 5.59. The van der Waals surface area contributed by atoms with E-state index in [4.69, 9.17) is 9.72 Å². The molecule has 0 aliphatic carbocycles. The molecule has 2 unspecified atom stereocenters. The minimum absolute atomic E-state index is 0.0999. The largest absolute Gasteiger partial charge is 0.508 e. The molecule has 0 spiro atoms. The fraction of sp³-hybridized carbons (Fsp3) is 0.379. The highest BCUT2D eigenvalue weighted by atomic mass is 19.1. The standard InChI is InChI=1S/C29H30FN5O2/c30-26-23(25-15-21(36)14-18-4-1-2-5-22(18)25)8-9-24-27(26)32-29(37-13-12-34-10-3-11-34)33-28(24)35-16-19-6-7-20(17-35)31-19/h1-2,4-5,8-9,14-15,19-20,31,36H,3,6-7,10-13,16-17H2. The number of aromatic hydroxyl groups is 1. The van der Waals surface area contributed by atoms with Gasteiger partial charge in [0, 0.05) is 42.7 Å². The average Bonchev–Trinajstić information content (AvgIpc) is 3.22. The Morgan fingerprint density at radius 1 is 0.973 bits per heavy atom. The molecule has 0 saturated carbocycles. The van der Waals surface area contributed by atoms with Crippen molar-refractivity contribution < 1.29 is 14.2 Å². The number of rotatable bonds is 6. The van der Waals surface area contributed by atoms with Gasteiger partial charge in [0.25, 0.3) is 0 Å². The van der Waals surface area contributed by atoms with Gasteiger partial charge in [0.05, 0.1) is 0 Å². The SMILES string of the molecule is Oc1cc(-c2ccc3c(N4CC5CCC(C4)N5)nc(OCCN4CCC4)nc3c2F)c2ccccc2c1. The first-order valence-electron chi connectivity index (χ1n) is 13.2. The number of halogens is 1. The summed E-state index contributed by atoms with van der Waals surface area (Å²) in [4.78, 5) is 14.0. The van der Waals surface area contributed by atoms with Crippen molar-refractivity contribution in [2.75, 3.05) is 44.2 Å². The van der Waals surface area contributed by atoms with Crippen LogP contribution in [0.1, 0.15) is 19.3 Å². The van der Waals surface area contributed by atoms with Crippen LogP contribution in [0.25, 0.3) is 32.8 Å². The summed E-state index contributed by atoms with van der Waals surface area (Å²) in [6.07, 6.45) is 3.51. The zero-order valence-electron chi connectivity index (χ0n) is 20.7. The minimum atomic E-state index is -0.428. The van der Waals surface area contributed by atoms with Crippen molar-refractivity contribution in [3.8, 4) is 22.9 Å². The van der Waals surface area contributed by atoms with Gasteiger partial charge in [-0.25, -0.2) is 4.39 Å². The smallest absolute Gasteiger partial charge is 0.319 e. The van der Waals surface area contributed by atoms with Crippen molar-refractivity contribution >= 4 is 27.5 Å². The van der Waals surface area contributed by atoms with Gasteiger partial charge in [0.15, 0.2) is 5.82 Å². The van der Waals surface area contributed by atoms with E-state index in [-0.39, 0.29) is 17.3 Å². The Morgan fingerprint density at radius 3 is 2.57 bits per heavy atom. The topological polar surface area (TPSA) is 73.8 Å². The molecule has 37 heavy (non-hydrogen) atoms. The van der Waals surface area contributed by atoms with Crippen LogP contribution < -0.4 is 15.0 Å². The van der Waals surface area contributed by atoms with Gasteiger partial charge in [0.2, 0.25) is 0 Å². The number of hydrogen-bond donors (Lipinski definition) is 2. The number of piperazine rings is 1. The number of nitrogens with zero attached hydrogens (tertiary/aromatic N) is 4. The summed E-state index contributed by atoms with van der Waals surface area (Å²) >= 11 is 0. The lowest BCUT2D eigenvalue weighted by Crippen LogP contribution is -2.51. The predicted octanol–water partition coefficient (Wildman–Crippen LogP) is 4.32. The highest BCUT2D eigenvalue weighted by Gasteiger charge is 2.34. The number of phenols is 1. The lowest BCUT2D eigenvalue weighted by molar-refractivity contribution is 0.143. The maximum atomic E-state index is 16.4. The number of phenolic OH excluding ortho intramolecular Hbond substituents is 1. The fourth-order valence-electron chi connectivity index (χ4n) is 6.00. The summed E-state index contributed by atoms with van der Waals surface area (Å²) in [7, 11) is 0. The maximum absolute atomic E-state index is 16.4. The summed E-state index contributed by atoms with van der Waals surface area (Å²) in [5, 5.41) is 16.4. The number of aromatic nitrogens is 2. The van der Waals surface area contributed by atoms with Gasteiger partial charge in [-0.3, -0.25) is 4.90 Å². The predicted molar refractivity (Wildman–Crippen MR) is 143 cm³/mol. The number of hydrogen-bond acceptors (Lipinski definition) is 7. The van der Waals surface area contributed by atoms with Gasteiger partial charge >= 0.3 is 6.01 Å². The molecule has 190 valence electrons. The molecule has 8 heteroatoms. The highest BCUT2D eigenvalue weighted by Crippen LogP contribution is 2.38. The number of nitrogens with one attached hydrogen (secondary N) is 1. The van der Waals surface area contributed by atoms with E-state index in [1.165, 1.54) is 6.42 Å². The first-order chi connectivity index (χ1) is 18.1. The third kappa shape index (κ3) is 4.14. The van der Waals surface area contributed by atoms with Gasteiger partial charge in [0.1, 0.15) is 23.7 Å². The van der Waals surface area contributed by atoms with Gasteiger partial charge in [-0.15, -0.1) is 0 Å². The van der Waals surface area contributed by atoms with Crippen LogP contribution >= 0.6 is 0 Å². The Bertz CT molecular complexity index is 1480. The molecule has 3 aliphatic heterocycles. The molecular weight excluding hydrogens is 469 g/mol. The van der Waals surface area contributed by atoms with Gasteiger partial charge in [-0.05, 0) is 66.9 Å². The Morgan fingerprint density at radius 2 is 1.78 bits per heavy atom. The summed E-state index contributed by atoms with van der Waals surface area (Å²) in [5.41, 5.74) is 1.28. The highest BCUT2D eigenvalue weighted by molar-refractivity contribution is 6.01. The summed E-state index contributed by atoms with van der Waals surface area (Å²) in [6, 6.07) is 15.8. The Balaban J connectivity index is 1.34. The van der Waals surface area contributed by atoms with E-state index in [0.29, 0.717) is 35.2 Å². The second-order valence-electron chi connectivity index (χ2n) is 10.5. The number of ether oxygens (including phenoxy) is 1. The van der Waals surface area contributed by atoms with Crippen LogP contribution in [-0.2, 0) is 0 Å². The molecule has 2 bridgehead atoms. The first kappa shape index (κ1) is 22.7. The number of fused-ring (bicyclic) bond motifs is 4. The molecule has 7 nitrogen and oxygen atoms in total. The van der Waals surface area contributed by atoms with Crippen molar-refractivity contribution in [2.45, 2.75) is 31.3 Å². The molecule has 3 fully saturated rings. The van der Waals surface area contributed by atoms with Crippen LogP contribution in [-0.4, -0.2) is 71.4 Å². The fourth-order valence-corrected chi connectivity index (χ4v) is 6.00. The van der Waals surface area contributed by atoms with Crippen LogP contribution in [0.4, 0.5) is 10.2 Å². The molecule has 7 rings (SSSR count). The molecule has 0 amide bonds. The second-order valence-corrected chi connectivity index (χ2v) is 10.5. The summed E-state index contributed by atoms with van der Waals surface area (Å²) in [5.74, 6) is 0.402. The van der Waals surface area contributed by atoms with Crippen LogP contribution in [0.5, 0.6) is 11.8 Å². The Labute approximate surface area is 214 Å². The van der Waals surface area contributed by atoms with Crippen molar-refractivity contribution in [1.29, 1.82) is 0 Å². The normalized spacial score (nSPS) is 21.5. The van der Waals surface area contributed by atoms with E-state index >= 15 is 4.39 Å². The molecule has 0 radical (unpaired) electrons. The molecule has 4 heterocycles. The Hall–Kier alpha value is -3.49. The molecule has 1 aromatic heterocycles. The molecular formula is C29H30FN5O2. The third-order valence-corrected chi connectivity index (χ3v) is 8.01. The quantitative estimate of drug-likeness (QED) is 0.409. The van der Waals surface area contributed by atoms with Crippen LogP contribution in [0.3, 0.4) is 0 Å². The van der Waals surface area contributed by atoms with E-state index in [1.54, 1.807) is 18.2 Å². The molecule has 3 saturated heterocycles. The number of benzene rings is 3. The summed E-state index contributed by atoms with van der Waals surface area (Å²) < 4.78 is 22.4. The van der Waals surface area contributed by atoms with E-state index in [9.17, 15) is 5.11 Å². The number of anilines is 1. The molecule has 2 N–H and O–H groups in total. The van der Waals surface area contributed by atoms with Crippen molar-refractivity contribution in [1.82, 2.24) is 20.2 Å². The van der Waals surface area contributed by atoms with Crippen molar-refractivity contribution in [3.63, 3.8) is 0 Å². The van der Waals surface area contributed by atoms with Crippen molar-refractivity contribution in [2.24, 2.45) is 0 Å². The van der Waals surface area contributed by atoms with Crippen LogP contribution in [0, 0.1) is 5.82 Å².